The topological polar surface area (TPSA) is 134 Å². The van der Waals surface area contributed by atoms with Crippen LogP contribution in [-0.2, 0) is 4.79 Å². The van der Waals surface area contributed by atoms with Crippen molar-refractivity contribution in [2.24, 2.45) is 0 Å². The molecule has 2 aromatic rings. The molecule has 0 heterocycles. The molecule has 10 heteroatoms. The maximum absolute atomic E-state index is 12.2. The summed E-state index contributed by atoms with van der Waals surface area (Å²) < 4.78 is 10.5. The normalized spacial score (nSPS) is 11.3. The predicted octanol–water partition coefficient (Wildman–Crippen LogP) is 2.92. The van der Waals surface area contributed by atoms with Crippen LogP contribution in [0.3, 0.4) is 0 Å². The largest absolute Gasteiger partial charge is 0.494 e. The molecule has 1 N–H and O–H groups in total. The van der Waals surface area contributed by atoms with E-state index >= 15 is 0 Å². The molecule has 0 aliphatic heterocycles. The maximum Gasteiger partial charge on any atom is 0.273 e. The number of hydrogen-bond acceptors (Lipinski definition) is 7. The molecular formula is C16H15N3O7. The van der Waals surface area contributed by atoms with E-state index in [9.17, 15) is 25.0 Å². The lowest BCUT2D eigenvalue weighted by molar-refractivity contribution is -0.385. The zero-order chi connectivity index (χ0) is 19.3. The second kappa shape index (κ2) is 7.92. The molecule has 2 aromatic carbocycles. The quantitative estimate of drug-likeness (QED) is 0.592. The third-order valence-corrected chi connectivity index (χ3v) is 3.38. The van der Waals surface area contributed by atoms with Gasteiger partial charge < -0.3 is 14.8 Å². The summed E-state index contributed by atoms with van der Waals surface area (Å²) in [5, 5.41) is 24.0. The molecule has 26 heavy (non-hydrogen) atoms. The van der Waals surface area contributed by atoms with Gasteiger partial charge in [-0.25, -0.2) is 0 Å². The van der Waals surface area contributed by atoms with Crippen molar-refractivity contribution in [1.29, 1.82) is 0 Å². The molecule has 136 valence electrons. The summed E-state index contributed by atoms with van der Waals surface area (Å²) in [6.45, 7) is 1.49. The summed E-state index contributed by atoms with van der Waals surface area (Å²) in [7, 11) is 1.32. The number of rotatable bonds is 7. The Hall–Kier alpha value is -3.69. The van der Waals surface area contributed by atoms with E-state index < -0.39 is 21.9 Å². The van der Waals surface area contributed by atoms with Crippen LogP contribution in [0.4, 0.5) is 17.1 Å². The minimum Gasteiger partial charge on any atom is -0.494 e. The summed E-state index contributed by atoms with van der Waals surface area (Å²) >= 11 is 0. The number of hydrogen-bond donors (Lipinski definition) is 1. The highest BCUT2D eigenvalue weighted by Crippen LogP contribution is 2.29. The molecule has 0 radical (unpaired) electrons. The van der Waals surface area contributed by atoms with E-state index in [-0.39, 0.29) is 28.6 Å². The Bertz CT molecular complexity index is 836. The van der Waals surface area contributed by atoms with Gasteiger partial charge in [-0.3, -0.25) is 25.0 Å². The van der Waals surface area contributed by atoms with Gasteiger partial charge in [0.15, 0.2) is 6.10 Å². The Morgan fingerprint density at radius 2 is 1.62 bits per heavy atom. The first-order valence-corrected chi connectivity index (χ1v) is 7.36. The van der Waals surface area contributed by atoms with Gasteiger partial charge in [0.2, 0.25) is 0 Å². The van der Waals surface area contributed by atoms with Gasteiger partial charge in [-0.1, -0.05) is 0 Å². The van der Waals surface area contributed by atoms with Gasteiger partial charge in [-0.2, -0.15) is 0 Å². The van der Waals surface area contributed by atoms with Crippen LogP contribution in [0, 0.1) is 20.2 Å². The lowest BCUT2D eigenvalue weighted by atomic mass is 10.2. The number of carbonyl (C=O) groups is 1. The average Bonchev–Trinajstić information content (AvgIpc) is 2.62. The van der Waals surface area contributed by atoms with Gasteiger partial charge in [0.1, 0.15) is 11.5 Å². The van der Waals surface area contributed by atoms with Gasteiger partial charge in [-0.15, -0.1) is 0 Å². The minimum absolute atomic E-state index is 0.0925. The standard InChI is InChI=1S/C16H15N3O7/c1-10(26-13-6-3-11(4-7-13)18(21)22)16(20)17-14-8-5-12(19(23)24)9-15(14)25-2/h3-10H,1-2H3,(H,17,20). The third kappa shape index (κ3) is 4.44. The first-order valence-electron chi connectivity index (χ1n) is 7.36. The summed E-state index contributed by atoms with van der Waals surface area (Å²) in [6, 6.07) is 9.08. The summed E-state index contributed by atoms with van der Waals surface area (Å²) in [5.74, 6) is -0.0977. The number of methoxy groups -OCH3 is 1. The Balaban J connectivity index is 2.06. The van der Waals surface area contributed by atoms with Gasteiger partial charge in [-0.05, 0) is 25.1 Å². The molecule has 0 fully saturated rings. The molecule has 0 aromatic heterocycles. The fraction of sp³-hybridized carbons (Fsp3) is 0.188. The van der Waals surface area contributed by atoms with Crippen LogP contribution in [0.25, 0.3) is 0 Å². The number of ether oxygens (including phenoxy) is 2. The van der Waals surface area contributed by atoms with Crippen LogP contribution in [0.15, 0.2) is 42.5 Å². The summed E-state index contributed by atoms with van der Waals surface area (Å²) in [4.78, 5) is 32.5. The van der Waals surface area contributed by atoms with Gasteiger partial charge in [0, 0.05) is 18.2 Å². The van der Waals surface area contributed by atoms with Crippen molar-refractivity contribution >= 4 is 23.0 Å². The molecule has 1 unspecified atom stereocenters. The van der Waals surface area contributed by atoms with Crippen molar-refractivity contribution in [1.82, 2.24) is 0 Å². The van der Waals surface area contributed by atoms with Crippen molar-refractivity contribution in [3.05, 3.63) is 62.7 Å². The molecule has 10 nitrogen and oxygen atoms in total. The molecule has 0 bridgehead atoms. The van der Waals surface area contributed by atoms with Gasteiger partial charge in [0.05, 0.1) is 28.7 Å². The molecule has 0 spiro atoms. The van der Waals surface area contributed by atoms with Gasteiger partial charge in [0.25, 0.3) is 17.3 Å². The third-order valence-electron chi connectivity index (χ3n) is 3.38. The van der Waals surface area contributed by atoms with Crippen molar-refractivity contribution < 1.29 is 24.1 Å². The van der Waals surface area contributed by atoms with Crippen LogP contribution in [0.5, 0.6) is 11.5 Å². The monoisotopic (exact) mass is 361 g/mol. The number of amides is 1. The number of anilines is 1. The van der Waals surface area contributed by atoms with E-state index in [1.807, 2.05) is 0 Å². The van der Waals surface area contributed by atoms with E-state index in [1.165, 1.54) is 56.5 Å². The molecule has 1 atom stereocenters. The van der Waals surface area contributed by atoms with Crippen molar-refractivity contribution in [2.45, 2.75) is 13.0 Å². The second-order valence-electron chi connectivity index (χ2n) is 5.14. The van der Waals surface area contributed by atoms with Crippen LogP contribution < -0.4 is 14.8 Å². The Morgan fingerprint density at radius 1 is 1.04 bits per heavy atom. The molecular weight excluding hydrogens is 346 g/mol. The average molecular weight is 361 g/mol. The lowest BCUT2D eigenvalue weighted by Gasteiger charge is -2.16. The molecule has 0 saturated heterocycles. The van der Waals surface area contributed by atoms with Crippen LogP contribution >= 0.6 is 0 Å². The fourth-order valence-electron chi connectivity index (χ4n) is 2.04. The van der Waals surface area contributed by atoms with E-state index in [2.05, 4.69) is 5.32 Å². The predicted molar refractivity (Wildman–Crippen MR) is 91.5 cm³/mol. The molecule has 2 rings (SSSR count). The number of nitrogens with one attached hydrogen (secondary N) is 1. The zero-order valence-electron chi connectivity index (χ0n) is 13.9. The van der Waals surface area contributed by atoms with Gasteiger partial charge >= 0.3 is 0 Å². The van der Waals surface area contributed by atoms with Crippen molar-refractivity contribution in [3.8, 4) is 11.5 Å². The molecule has 0 aliphatic rings. The molecule has 1 amide bonds. The highest BCUT2D eigenvalue weighted by atomic mass is 16.6. The number of carbonyl (C=O) groups excluding carboxylic acids is 1. The van der Waals surface area contributed by atoms with E-state index in [0.29, 0.717) is 0 Å². The van der Waals surface area contributed by atoms with Crippen molar-refractivity contribution in [2.75, 3.05) is 12.4 Å². The van der Waals surface area contributed by atoms with E-state index in [0.717, 1.165) is 0 Å². The maximum atomic E-state index is 12.2. The number of nitro benzene ring substituents is 2. The van der Waals surface area contributed by atoms with Crippen LogP contribution in [0.1, 0.15) is 6.92 Å². The molecule has 0 saturated carbocycles. The second-order valence-corrected chi connectivity index (χ2v) is 5.14. The smallest absolute Gasteiger partial charge is 0.273 e. The number of nitro groups is 2. The Labute approximate surface area is 147 Å². The fourth-order valence-corrected chi connectivity index (χ4v) is 2.04. The SMILES string of the molecule is COc1cc([N+](=O)[O-])ccc1NC(=O)C(C)Oc1ccc([N+](=O)[O-])cc1. The minimum atomic E-state index is -0.920. The lowest BCUT2D eigenvalue weighted by Crippen LogP contribution is -2.30. The van der Waals surface area contributed by atoms with Crippen molar-refractivity contribution in [3.63, 3.8) is 0 Å². The number of nitrogens with zero attached hydrogens (tertiary/aromatic N) is 2. The van der Waals surface area contributed by atoms with Crippen LogP contribution in [0.2, 0.25) is 0 Å². The summed E-state index contributed by atoms with van der Waals surface area (Å²) in [5.41, 5.74) is -0.0117. The zero-order valence-corrected chi connectivity index (χ0v) is 13.9. The highest BCUT2D eigenvalue weighted by Gasteiger charge is 2.19. The summed E-state index contributed by atoms with van der Waals surface area (Å²) in [6.07, 6.45) is -0.920. The van der Waals surface area contributed by atoms with E-state index in [4.69, 9.17) is 9.47 Å². The van der Waals surface area contributed by atoms with Crippen LogP contribution in [-0.4, -0.2) is 29.0 Å². The molecule has 0 aliphatic carbocycles. The number of non-ortho nitro benzene ring substituents is 2. The number of benzene rings is 2. The Morgan fingerprint density at radius 3 is 2.15 bits per heavy atom. The Kier molecular flexibility index (Phi) is 5.68. The van der Waals surface area contributed by atoms with E-state index in [1.54, 1.807) is 0 Å². The first-order chi connectivity index (χ1) is 12.3. The first kappa shape index (κ1) is 18.6. The highest BCUT2D eigenvalue weighted by molar-refractivity contribution is 5.95.